The number of amides is 1. The van der Waals surface area contributed by atoms with E-state index in [0.29, 0.717) is 30.6 Å². The van der Waals surface area contributed by atoms with Gasteiger partial charge in [0.1, 0.15) is 18.1 Å². The fraction of sp³-hybridized carbons (Fsp3) is 0.240. The minimum Gasteiger partial charge on any atom is -0.493 e. The lowest BCUT2D eigenvalue weighted by atomic mass is 10.2. The summed E-state index contributed by atoms with van der Waals surface area (Å²) in [6, 6.07) is 25.0. The number of hydrogen-bond donors (Lipinski definition) is 2. The monoisotopic (exact) mass is 404 g/mol. The van der Waals surface area contributed by atoms with E-state index in [9.17, 15) is 4.79 Å². The predicted molar refractivity (Wildman–Crippen MR) is 121 cm³/mol. The standard InChI is InChI=1S/C25H28N2O3/c1-19(2)17-29-22-14-12-21(13-15-22)26-16-25(28)27-23-10-6-7-11-24(23)30-18-20-8-4-3-5-9-20/h3-15,19,26H,16-18H2,1-2H3,(H,27,28). The molecule has 0 spiro atoms. The summed E-state index contributed by atoms with van der Waals surface area (Å²) in [6.07, 6.45) is 0. The fourth-order valence-electron chi connectivity index (χ4n) is 2.74. The Hall–Kier alpha value is -3.47. The van der Waals surface area contributed by atoms with Gasteiger partial charge in [-0.15, -0.1) is 0 Å². The molecule has 3 aromatic rings. The fourth-order valence-corrected chi connectivity index (χ4v) is 2.74. The van der Waals surface area contributed by atoms with E-state index >= 15 is 0 Å². The maximum Gasteiger partial charge on any atom is 0.243 e. The van der Waals surface area contributed by atoms with Crippen LogP contribution in [0.25, 0.3) is 0 Å². The van der Waals surface area contributed by atoms with Gasteiger partial charge in [-0.2, -0.15) is 0 Å². The molecule has 0 aliphatic heterocycles. The molecule has 2 N–H and O–H groups in total. The summed E-state index contributed by atoms with van der Waals surface area (Å²) in [4.78, 5) is 12.4. The van der Waals surface area contributed by atoms with Crippen LogP contribution in [0.1, 0.15) is 19.4 Å². The molecule has 30 heavy (non-hydrogen) atoms. The molecule has 0 atom stereocenters. The summed E-state index contributed by atoms with van der Waals surface area (Å²) in [5.41, 5.74) is 2.58. The minimum absolute atomic E-state index is 0.147. The molecule has 1 amide bonds. The van der Waals surface area contributed by atoms with Gasteiger partial charge in [0.15, 0.2) is 0 Å². The molecule has 0 unspecified atom stereocenters. The summed E-state index contributed by atoms with van der Waals surface area (Å²) in [6.45, 7) is 5.50. The summed E-state index contributed by atoms with van der Waals surface area (Å²) >= 11 is 0. The number of nitrogens with one attached hydrogen (secondary N) is 2. The lowest BCUT2D eigenvalue weighted by Gasteiger charge is -2.13. The van der Waals surface area contributed by atoms with E-state index in [1.807, 2.05) is 78.9 Å². The van der Waals surface area contributed by atoms with Crippen molar-refractivity contribution in [3.63, 3.8) is 0 Å². The van der Waals surface area contributed by atoms with E-state index in [1.165, 1.54) is 0 Å². The van der Waals surface area contributed by atoms with Gasteiger partial charge in [0, 0.05) is 5.69 Å². The highest BCUT2D eigenvalue weighted by molar-refractivity contribution is 5.95. The van der Waals surface area contributed by atoms with Crippen LogP contribution in [-0.2, 0) is 11.4 Å². The van der Waals surface area contributed by atoms with Crippen molar-refractivity contribution in [1.29, 1.82) is 0 Å². The van der Waals surface area contributed by atoms with Crippen LogP contribution in [-0.4, -0.2) is 19.1 Å². The first-order valence-corrected chi connectivity index (χ1v) is 10.1. The number of benzene rings is 3. The smallest absolute Gasteiger partial charge is 0.243 e. The van der Waals surface area contributed by atoms with Crippen LogP contribution < -0.4 is 20.1 Å². The van der Waals surface area contributed by atoms with Crippen LogP contribution in [0.2, 0.25) is 0 Å². The zero-order chi connectivity index (χ0) is 21.2. The van der Waals surface area contributed by atoms with Crippen LogP contribution in [0, 0.1) is 5.92 Å². The van der Waals surface area contributed by atoms with Gasteiger partial charge >= 0.3 is 0 Å². The average molecular weight is 405 g/mol. The van der Waals surface area contributed by atoms with Crippen LogP contribution in [0.4, 0.5) is 11.4 Å². The van der Waals surface area contributed by atoms with E-state index in [1.54, 1.807) is 0 Å². The normalized spacial score (nSPS) is 10.5. The van der Waals surface area contributed by atoms with Crippen molar-refractivity contribution in [3.8, 4) is 11.5 Å². The molecule has 156 valence electrons. The first kappa shape index (κ1) is 21.2. The molecule has 0 aliphatic carbocycles. The molecule has 0 saturated heterocycles. The Kier molecular flexibility index (Phi) is 7.72. The number of ether oxygens (including phenoxy) is 2. The molecule has 5 heteroatoms. The Labute approximate surface area is 178 Å². The topological polar surface area (TPSA) is 59.6 Å². The second-order valence-corrected chi connectivity index (χ2v) is 7.40. The number of carbonyl (C=O) groups excluding carboxylic acids is 1. The molecule has 0 fully saturated rings. The summed E-state index contributed by atoms with van der Waals surface area (Å²) in [7, 11) is 0. The Morgan fingerprint density at radius 1 is 0.867 bits per heavy atom. The second kappa shape index (κ2) is 10.9. The van der Waals surface area contributed by atoms with Crippen molar-refractivity contribution in [3.05, 3.63) is 84.4 Å². The molecule has 0 saturated carbocycles. The largest absolute Gasteiger partial charge is 0.493 e. The van der Waals surface area contributed by atoms with E-state index in [4.69, 9.17) is 9.47 Å². The van der Waals surface area contributed by atoms with Gasteiger partial charge in [-0.05, 0) is 47.9 Å². The van der Waals surface area contributed by atoms with E-state index < -0.39 is 0 Å². The number of hydrogen-bond acceptors (Lipinski definition) is 4. The van der Waals surface area contributed by atoms with E-state index in [0.717, 1.165) is 17.0 Å². The predicted octanol–water partition coefficient (Wildman–Crippen LogP) is 5.35. The van der Waals surface area contributed by atoms with Crippen molar-refractivity contribution in [2.45, 2.75) is 20.5 Å². The number of rotatable bonds is 10. The molecule has 0 aliphatic rings. The molecule has 0 aromatic heterocycles. The molecule has 3 rings (SSSR count). The highest BCUT2D eigenvalue weighted by Crippen LogP contribution is 2.25. The Morgan fingerprint density at radius 2 is 1.57 bits per heavy atom. The van der Waals surface area contributed by atoms with Crippen LogP contribution in [0.3, 0.4) is 0 Å². The Balaban J connectivity index is 1.50. The average Bonchev–Trinajstić information content (AvgIpc) is 2.77. The summed E-state index contributed by atoms with van der Waals surface area (Å²) in [5.74, 6) is 1.79. The number of anilines is 2. The van der Waals surface area contributed by atoms with Gasteiger partial charge in [-0.3, -0.25) is 4.79 Å². The quantitative estimate of drug-likeness (QED) is 0.478. The summed E-state index contributed by atoms with van der Waals surface area (Å²) < 4.78 is 11.6. The van der Waals surface area contributed by atoms with Crippen molar-refractivity contribution in [2.75, 3.05) is 23.8 Å². The van der Waals surface area contributed by atoms with Crippen LogP contribution >= 0.6 is 0 Å². The Morgan fingerprint density at radius 3 is 2.30 bits per heavy atom. The summed E-state index contributed by atoms with van der Waals surface area (Å²) in [5, 5.41) is 6.04. The van der Waals surface area contributed by atoms with E-state index in [2.05, 4.69) is 24.5 Å². The molecular weight excluding hydrogens is 376 g/mol. The van der Waals surface area contributed by atoms with Gasteiger partial charge in [-0.25, -0.2) is 0 Å². The first-order valence-electron chi connectivity index (χ1n) is 10.1. The van der Waals surface area contributed by atoms with Gasteiger partial charge in [0.2, 0.25) is 5.91 Å². The third-order valence-electron chi connectivity index (χ3n) is 4.29. The van der Waals surface area contributed by atoms with Gasteiger partial charge in [0.05, 0.1) is 18.8 Å². The molecule has 0 radical (unpaired) electrons. The molecular formula is C25H28N2O3. The van der Waals surface area contributed by atoms with Crippen molar-refractivity contribution in [1.82, 2.24) is 0 Å². The highest BCUT2D eigenvalue weighted by Gasteiger charge is 2.08. The molecule has 3 aromatic carbocycles. The first-order chi connectivity index (χ1) is 14.6. The van der Waals surface area contributed by atoms with Crippen LogP contribution in [0.15, 0.2) is 78.9 Å². The van der Waals surface area contributed by atoms with Crippen LogP contribution in [0.5, 0.6) is 11.5 Å². The maximum absolute atomic E-state index is 12.4. The highest BCUT2D eigenvalue weighted by atomic mass is 16.5. The lowest BCUT2D eigenvalue weighted by Crippen LogP contribution is -2.22. The molecule has 0 heterocycles. The molecule has 0 bridgehead atoms. The SMILES string of the molecule is CC(C)COc1ccc(NCC(=O)Nc2ccccc2OCc2ccccc2)cc1. The van der Waals surface area contributed by atoms with Gasteiger partial charge < -0.3 is 20.1 Å². The van der Waals surface area contributed by atoms with Crippen molar-refractivity contribution >= 4 is 17.3 Å². The molecule has 5 nitrogen and oxygen atoms in total. The van der Waals surface area contributed by atoms with Gasteiger partial charge in [0.25, 0.3) is 0 Å². The van der Waals surface area contributed by atoms with Crippen molar-refractivity contribution in [2.24, 2.45) is 5.92 Å². The zero-order valence-electron chi connectivity index (χ0n) is 17.4. The Bertz CT molecular complexity index is 925. The maximum atomic E-state index is 12.4. The van der Waals surface area contributed by atoms with E-state index in [-0.39, 0.29) is 12.5 Å². The van der Waals surface area contributed by atoms with Gasteiger partial charge in [-0.1, -0.05) is 56.3 Å². The minimum atomic E-state index is -0.147. The second-order valence-electron chi connectivity index (χ2n) is 7.40. The zero-order valence-corrected chi connectivity index (χ0v) is 17.4. The number of para-hydroxylation sites is 2. The number of carbonyl (C=O) groups is 1. The third kappa shape index (κ3) is 6.85. The lowest BCUT2D eigenvalue weighted by molar-refractivity contribution is -0.114. The van der Waals surface area contributed by atoms with Crippen molar-refractivity contribution < 1.29 is 14.3 Å². The third-order valence-corrected chi connectivity index (χ3v) is 4.29.